The third-order valence-electron chi connectivity index (χ3n) is 5.94. The number of para-hydroxylation sites is 1. The smallest absolute Gasteiger partial charge is 0.252 e. The standard InChI is InChI=1S/C21H19ClF2N6/c22-16-3-1-2-4-18(16)29-9-7-28(8-10-29)17-5-6-30-19(11-14-12-21(14,23)24)26-27-20(30)15(17)13-25/h1-6,14H,7-12H2. The number of aromatic nitrogens is 3. The first-order valence-electron chi connectivity index (χ1n) is 9.87. The van der Waals surface area contributed by atoms with Gasteiger partial charge in [0.05, 0.1) is 16.4 Å². The van der Waals surface area contributed by atoms with Gasteiger partial charge in [0.1, 0.15) is 17.5 Å². The summed E-state index contributed by atoms with van der Waals surface area (Å²) in [4.78, 5) is 4.38. The lowest BCUT2D eigenvalue weighted by molar-refractivity contribution is 0.0984. The van der Waals surface area contributed by atoms with Crippen LogP contribution in [0.5, 0.6) is 0 Å². The summed E-state index contributed by atoms with van der Waals surface area (Å²) in [6, 6.07) is 11.9. The van der Waals surface area contributed by atoms with E-state index in [1.807, 2.05) is 30.3 Å². The number of nitrogens with zero attached hydrogens (tertiary/aromatic N) is 6. The fraction of sp³-hybridized carbons (Fsp3) is 0.381. The lowest BCUT2D eigenvalue weighted by atomic mass is 10.1. The summed E-state index contributed by atoms with van der Waals surface area (Å²) >= 11 is 6.32. The summed E-state index contributed by atoms with van der Waals surface area (Å²) < 4.78 is 28.2. The molecule has 0 spiro atoms. The maximum atomic E-state index is 13.3. The highest BCUT2D eigenvalue weighted by atomic mass is 35.5. The molecular weight excluding hydrogens is 410 g/mol. The SMILES string of the molecule is N#Cc1c(N2CCN(c3ccccc3Cl)CC2)ccn2c(CC3CC3(F)F)nnc12. The maximum Gasteiger partial charge on any atom is 0.252 e. The van der Waals surface area contributed by atoms with E-state index in [4.69, 9.17) is 11.6 Å². The summed E-state index contributed by atoms with van der Waals surface area (Å²) in [6.07, 6.45) is 1.83. The average molecular weight is 429 g/mol. The second kappa shape index (κ2) is 7.10. The molecule has 3 aromatic rings. The third-order valence-corrected chi connectivity index (χ3v) is 6.26. The van der Waals surface area contributed by atoms with Crippen LogP contribution in [0.3, 0.4) is 0 Å². The van der Waals surface area contributed by atoms with Crippen LogP contribution < -0.4 is 9.80 Å². The van der Waals surface area contributed by atoms with Gasteiger partial charge in [0, 0.05) is 51.1 Å². The number of rotatable bonds is 4. The molecule has 0 bridgehead atoms. The van der Waals surface area contributed by atoms with Gasteiger partial charge >= 0.3 is 0 Å². The van der Waals surface area contributed by atoms with Crippen LogP contribution in [0, 0.1) is 17.2 Å². The van der Waals surface area contributed by atoms with E-state index >= 15 is 0 Å². The highest BCUT2D eigenvalue weighted by molar-refractivity contribution is 6.33. The number of hydrogen-bond acceptors (Lipinski definition) is 5. The molecule has 0 amide bonds. The van der Waals surface area contributed by atoms with Crippen LogP contribution in [-0.4, -0.2) is 46.7 Å². The second-order valence-electron chi connectivity index (χ2n) is 7.79. The Morgan fingerprint density at radius 2 is 1.73 bits per heavy atom. The number of nitriles is 1. The number of anilines is 2. The van der Waals surface area contributed by atoms with Crippen LogP contribution in [0.25, 0.3) is 5.65 Å². The van der Waals surface area contributed by atoms with Crippen molar-refractivity contribution in [3.8, 4) is 6.07 Å². The third kappa shape index (κ3) is 3.23. The first kappa shape index (κ1) is 19.1. The second-order valence-corrected chi connectivity index (χ2v) is 8.20. The minimum absolute atomic E-state index is 0.110. The molecule has 0 N–H and O–H groups in total. The average Bonchev–Trinajstić information content (AvgIpc) is 3.15. The molecule has 2 fully saturated rings. The van der Waals surface area contributed by atoms with Gasteiger partial charge < -0.3 is 9.80 Å². The van der Waals surface area contributed by atoms with Gasteiger partial charge in [0.25, 0.3) is 5.92 Å². The molecule has 2 aromatic heterocycles. The summed E-state index contributed by atoms with van der Waals surface area (Å²) in [6.45, 7) is 3.00. The van der Waals surface area contributed by atoms with Gasteiger partial charge in [0.15, 0.2) is 5.65 Å². The normalized spacial score (nSPS) is 20.4. The number of fused-ring (bicyclic) bond motifs is 1. The molecule has 5 rings (SSSR count). The summed E-state index contributed by atoms with van der Waals surface area (Å²) in [5, 5.41) is 18.7. The van der Waals surface area contributed by atoms with Crippen LogP contribution in [0.2, 0.25) is 5.02 Å². The Hall–Kier alpha value is -2.92. The first-order chi connectivity index (χ1) is 14.5. The molecule has 1 aromatic carbocycles. The van der Waals surface area contributed by atoms with Crippen molar-refractivity contribution in [1.82, 2.24) is 14.6 Å². The van der Waals surface area contributed by atoms with E-state index in [1.54, 1.807) is 10.6 Å². The Kier molecular flexibility index (Phi) is 4.51. The minimum atomic E-state index is -2.61. The number of piperazine rings is 1. The fourth-order valence-electron chi connectivity index (χ4n) is 4.11. The van der Waals surface area contributed by atoms with Crippen molar-refractivity contribution in [2.45, 2.75) is 18.8 Å². The van der Waals surface area contributed by atoms with Crippen LogP contribution >= 0.6 is 11.6 Å². The monoisotopic (exact) mass is 428 g/mol. The largest absolute Gasteiger partial charge is 0.367 e. The fourth-order valence-corrected chi connectivity index (χ4v) is 4.37. The Morgan fingerprint density at radius 1 is 1.07 bits per heavy atom. The predicted molar refractivity (Wildman–Crippen MR) is 110 cm³/mol. The number of hydrogen-bond donors (Lipinski definition) is 0. The van der Waals surface area contributed by atoms with E-state index in [1.165, 1.54) is 0 Å². The molecule has 1 unspecified atom stereocenters. The Labute approximate surface area is 177 Å². The van der Waals surface area contributed by atoms with E-state index in [2.05, 4.69) is 26.1 Å². The van der Waals surface area contributed by atoms with Crippen molar-refractivity contribution in [3.05, 3.63) is 52.9 Å². The van der Waals surface area contributed by atoms with Gasteiger partial charge in [-0.25, -0.2) is 8.78 Å². The van der Waals surface area contributed by atoms with Crippen LogP contribution in [0.1, 0.15) is 17.8 Å². The van der Waals surface area contributed by atoms with E-state index in [0.717, 1.165) is 42.6 Å². The van der Waals surface area contributed by atoms with E-state index in [0.29, 0.717) is 17.0 Å². The molecule has 154 valence electrons. The van der Waals surface area contributed by atoms with Crippen LogP contribution in [0.4, 0.5) is 20.2 Å². The molecule has 6 nitrogen and oxygen atoms in total. The molecule has 30 heavy (non-hydrogen) atoms. The van der Waals surface area contributed by atoms with Gasteiger partial charge in [-0.2, -0.15) is 5.26 Å². The molecule has 1 saturated heterocycles. The summed E-state index contributed by atoms with van der Waals surface area (Å²) in [5.74, 6) is -2.82. The minimum Gasteiger partial charge on any atom is -0.367 e. The van der Waals surface area contributed by atoms with E-state index in [-0.39, 0.29) is 12.8 Å². The molecule has 1 atom stereocenters. The van der Waals surface area contributed by atoms with Gasteiger partial charge in [-0.05, 0) is 18.2 Å². The summed E-state index contributed by atoms with van der Waals surface area (Å²) in [7, 11) is 0. The van der Waals surface area contributed by atoms with Crippen molar-refractivity contribution in [1.29, 1.82) is 5.26 Å². The molecule has 3 heterocycles. The van der Waals surface area contributed by atoms with Crippen LogP contribution in [-0.2, 0) is 6.42 Å². The first-order valence-corrected chi connectivity index (χ1v) is 10.2. The number of pyridine rings is 1. The van der Waals surface area contributed by atoms with Crippen molar-refractivity contribution in [3.63, 3.8) is 0 Å². The zero-order valence-corrected chi connectivity index (χ0v) is 16.9. The molecular formula is C21H19ClF2N6. The topological polar surface area (TPSA) is 60.5 Å². The van der Waals surface area contributed by atoms with E-state index in [9.17, 15) is 14.0 Å². The van der Waals surface area contributed by atoms with Gasteiger partial charge in [-0.15, -0.1) is 10.2 Å². The zero-order chi connectivity index (χ0) is 20.9. The molecule has 1 saturated carbocycles. The Balaban J connectivity index is 1.38. The number of benzene rings is 1. The van der Waals surface area contributed by atoms with Crippen molar-refractivity contribution < 1.29 is 8.78 Å². The quantitative estimate of drug-likeness (QED) is 0.633. The highest BCUT2D eigenvalue weighted by Crippen LogP contribution is 2.50. The summed E-state index contributed by atoms with van der Waals surface area (Å²) in [5.41, 5.74) is 2.64. The van der Waals surface area contributed by atoms with Crippen molar-refractivity contribution in [2.75, 3.05) is 36.0 Å². The van der Waals surface area contributed by atoms with Crippen molar-refractivity contribution >= 4 is 28.6 Å². The predicted octanol–water partition coefficient (Wildman–Crippen LogP) is 3.78. The zero-order valence-electron chi connectivity index (χ0n) is 16.1. The highest BCUT2D eigenvalue weighted by Gasteiger charge is 2.56. The number of alkyl halides is 2. The molecule has 1 aliphatic heterocycles. The molecule has 9 heteroatoms. The number of halogens is 3. The van der Waals surface area contributed by atoms with Gasteiger partial charge in [0.2, 0.25) is 0 Å². The Morgan fingerprint density at radius 3 is 2.37 bits per heavy atom. The molecule has 1 aliphatic carbocycles. The van der Waals surface area contributed by atoms with E-state index < -0.39 is 11.8 Å². The van der Waals surface area contributed by atoms with Gasteiger partial charge in [-0.1, -0.05) is 23.7 Å². The lowest BCUT2D eigenvalue weighted by Gasteiger charge is -2.38. The van der Waals surface area contributed by atoms with Crippen molar-refractivity contribution in [2.24, 2.45) is 5.92 Å². The van der Waals surface area contributed by atoms with Crippen LogP contribution in [0.15, 0.2) is 36.5 Å². The molecule has 0 radical (unpaired) electrons. The van der Waals surface area contributed by atoms with Gasteiger partial charge in [-0.3, -0.25) is 4.40 Å². The molecule has 2 aliphatic rings. The maximum absolute atomic E-state index is 13.3. The Bertz CT molecular complexity index is 1150. The lowest BCUT2D eigenvalue weighted by Crippen LogP contribution is -2.47.